The number of nitrogens with one attached hydrogen (secondary N) is 1. The van der Waals surface area contributed by atoms with Crippen molar-refractivity contribution in [1.29, 1.82) is 0 Å². The smallest absolute Gasteiger partial charge is 0.408 e. The van der Waals surface area contributed by atoms with Crippen LogP contribution in [0.1, 0.15) is 23.6 Å². The predicted molar refractivity (Wildman–Crippen MR) is 111 cm³/mol. The molecule has 4 rings (SSSR count). The molecule has 3 amide bonds. The van der Waals surface area contributed by atoms with E-state index < -0.39 is 46.3 Å². The second kappa shape index (κ2) is 8.60. The molecule has 2 saturated heterocycles. The largest absolute Gasteiger partial charge is 0.445 e. The fourth-order valence-electron chi connectivity index (χ4n) is 4.04. The minimum atomic E-state index is -4.69. The van der Waals surface area contributed by atoms with Crippen LogP contribution in [-0.2, 0) is 31.2 Å². The quantitative estimate of drug-likeness (QED) is 0.491. The summed E-state index contributed by atoms with van der Waals surface area (Å²) in [6.07, 6.45) is -0.617. The Morgan fingerprint density at radius 2 is 1.72 bits per heavy atom. The molecule has 0 unspecified atom stereocenters. The summed E-state index contributed by atoms with van der Waals surface area (Å²) >= 11 is 0. The zero-order valence-corrected chi connectivity index (χ0v) is 17.6. The van der Waals surface area contributed by atoms with Crippen molar-refractivity contribution in [1.82, 2.24) is 14.5 Å². The van der Waals surface area contributed by atoms with Gasteiger partial charge < -0.3 is 15.0 Å². The highest BCUT2D eigenvalue weighted by Crippen LogP contribution is 2.37. The molecule has 2 heterocycles. The third kappa shape index (κ3) is 4.16. The third-order valence-corrected chi connectivity index (χ3v) is 6.47. The van der Waals surface area contributed by atoms with E-state index in [1.165, 1.54) is 4.90 Å². The van der Waals surface area contributed by atoms with Crippen LogP contribution in [0.15, 0.2) is 60.7 Å². The van der Waals surface area contributed by atoms with Gasteiger partial charge in [-0.1, -0.05) is 60.7 Å². The predicted octanol–water partition coefficient (Wildman–Crippen LogP) is 1.27. The van der Waals surface area contributed by atoms with Gasteiger partial charge in [-0.25, -0.2) is 9.10 Å². The van der Waals surface area contributed by atoms with E-state index >= 15 is 0 Å². The number of alkyl carbamates (subject to hydrolysis) is 1. The number of fused-ring (bicyclic) bond motifs is 1. The Hall–Kier alpha value is -3.44. The summed E-state index contributed by atoms with van der Waals surface area (Å²) in [6, 6.07) is 14.5. The minimum absolute atomic E-state index is 0.0125. The maximum Gasteiger partial charge on any atom is 0.408 e. The molecule has 2 N–H and O–H groups in total. The molecule has 2 aromatic carbocycles. The van der Waals surface area contributed by atoms with Crippen molar-refractivity contribution in [3.8, 4) is 0 Å². The van der Waals surface area contributed by atoms with Gasteiger partial charge in [0.1, 0.15) is 18.7 Å². The zero-order valence-electron chi connectivity index (χ0n) is 16.8. The first kappa shape index (κ1) is 21.8. The van der Waals surface area contributed by atoms with E-state index in [2.05, 4.69) is 5.32 Å². The van der Waals surface area contributed by atoms with Crippen LogP contribution < -0.4 is 5.32 Å². The Labute approximate surface area is 184 Å². The highest BCUT2D eigenvalue weighted by Gasteiger charge is 2.60. The number of amides is 3. The Bertz CT molecular complexity index is 1120. The molecule has 168 valence electrons. The molecule has 0 saturated carbocycles. The summed E-state index contributed by atoms with van der Waals surface area (Å²) in [5.74, 6) is -1.44. The number of nitrogens with zero attached hydrogens (tertiary/aromatic N) is 2. The van der Waals surface area contributed by atoms with Gasteiger partial charge in [-0.15, -0.1) is 0 Å². The average Bonchev–Trinajstić information content (AvgIpc) is 3.14. The van der Waals surface area contributed by atoms with Gasteiger partial charge in [-0.3, -0.25) is 14.1 Å². The molecule has 0 bridgehead atoms. The molecule has 0 aliphatic carbocycles. The number of carbonyl (C=O) groups excluding carboxylic acids is 3. The van der Waals surface area contributed by atoms with Crippen LogP contribution in [0.3, 0.4) is 0 Å². The van der Waals surface area contributed by atoms with Crippen LogP contribution in [0.2, 0.25) is 0 Å². The maximum atomic E-state index is 13.3. The number of hydrogen-bond donors (Lipinski definition) is 2. The minimum Gasteiger partial charge on any atom is -0.445 e. The first-order valence-corrected chi connectivity index (χ1v) is 11.3. The number of benzene rings is 2. The van der Waals surface area contributed by atoms with E-state index in [1.807, 2.05) is 18.2 Å². The van der Waals surface area contributed by atoms with E-state index in [4.69, 9.17) is 4.74 Å². The van der Waals surface area contributed by atoms with Gasteiger partial charge in [-0.2, -0.15) is 8.42 Å². The van der Waals surface area contributed by atoms with Gasteiger partial charge in [-0.05, 0) is 17.5 Å². The number of β-lactam (4-membered cyclic amide) rings is 1. The molecule has 10 nitrogen and oxygen atoms in total. The summed E-state index contributed by atoms with van der Waals surface area (Å²) in [6.45, 7) is 0.120. The summed E-state index contributed by atoms with van der Waals surface area (Å²) in [5, 5.41) is 2.55. The monoisotopic (exact) mass is 459 g/mol. The van der Waals surface area contributed by atoms with Crippen LogP contribution >= 0.6 is 0 Å². The number of likely N-dealkylation sites (tertiary alicyclic amines) is 1. The van der Waals surface area contributed by atoms with Crippen molar-refractivity contribution in [2.75, 3.05) is 6.54 Å². The average molecular weight is 459 g/mol. The second-order valence-electron chi connectivity index (χ2n) is 7.49. The molecule has 2 aromatic rings. The van der Waals surface area contributed by atoms with Crippen molar-refractivity contribution in [3.05, 3.63) is 71.8 Å². The molecule has 2 fully saturated rings. The topological polar surface area (TPSA) is 133 Å². The standard InChI is InChI=1S/C21H21N3O7S/c25-19(23-12-11-16-18(23)20(26)24(16)32(28,29)30)17(15-9-5-2-6-10-15)22-21(27)31-13-14-7-3-1-4-8-14/h1-10,16-18H,11-13H2,(H,22,27)(H,28,29,30)/t16-,17-,18+/m1/s1. The van der Waals surface area contributed by atoms with E-state index in [1.54, 1.807) is 42.5 Å². The normalized spacial score (nSPS) is 20.8. The molecule has 0 spiro atoms. The highest BCUT2D eigenvalue weighted by atomic mass is 32.2. The Balaban J connectivity index is 1.49. The van der Waals surface area contributed by atoms with Crippen LogP contribution in [0.4, 0.5) is 4.79 Å². The number of rotatable bonds is 6. The van der Waals surface area contributed by atoms with E-state index in [0.29, 0.717) is 9.87 Å². The Morgan fingerprint density at radius 1 is 1.09 bits per heavy atom. The molecule has 0 radical (unpaired) electrons. The van der Waals surface area contributed by atoms with Gasteiger partial charge in [0.2, 0.25) is 0 Å². The summed E-state index contributed by atoms with van der Waals surface area (Å²) in [4.78, 5) is 39.3. The first-order valence-electron chi connectivity index (χ1n) is 9.90. The van der Waals surface area contributed by atoms with Gasteiger partial charge >= 0.3 is 16.4 Å². The van der Waals surface area contributed by atoms with Gasteiger partial charge in [0, 0.05) is 6.54 Å². The summed E-state index contributed by atoms with van der Waals surface area (Å²) < 4.78 is 37.7. The van der Waals surface area contributed by atoms with Crippen molar-refractivity contribution in [2.24, 2.45) is 0 Å². The lowest BCUT2D eigenvalue weighted by molar-refractivity contribution is -0.152. The molecule has 2 aliphatic rings. The van der Waals surface area contributed by atoms with Crippen molar-refractivity contribution < 1.29 is 32.1 Å². The van der Waals surface area contributed by atoms with Crippen molar-refractivity contribution in [2.45, 2.75) is 31.2 Å². The lowest BCUT2D eigenvalue weighted by atomic mass is 9.99. The van der Waals surface area contributed by atoms with E-state index in [0.717, 1.165) is 5.56 Å². The number of carbonyl (C=O) groups is 3. The van der Waals surface area contributed by atoms with Crippen molar-refractivity contribution in [3.63, 3.8) is 0 Å². The van der Waals surface area contributed by atoms with Gasteiger partial charge in [0.05, 0.1) is 6.04 Å². The third-order valence-electron chi connectivity index (χ3n) is 5.52. The highest BCUT2D eigenvalue weighted by molar-refractivity contribution is 7.84. The van der Waals surface area contributed by atoms with Crippen LogP contribution in [0.25, 0.3) is 0 Å². The van der Waals surface area contributed by atoms with Crippen molar-refractivity contribution >= 4 is 28.2 Å². The Morgan fingerprint density at radius 3 is 2.34 bits per heavy atom. The lowest BCUT2D eigenvalue weighted by Gasteiger charge is -2.43. The van der Waals surface area contributed by atoms with Crippen LogP contribution in [0.5, 0.6) is 0 Å². The first-order chi connectivity index (χ1) is 15.3. The molecule has 2 aliphatic heterocycles. The molecule has 32 heavy (non-hydrogen) atoms. The molecule has 3 atom stereocenters. The molecule has 11 heteroatoms. The van der Waals surface area contributed by atoms with Gasteiger partial charge in [0.15, 0.2) is 0 Å². The van der Waals surface area contributed by atoms with E-state index in [9.17, 15) is 27.4 Å². The number of hydrogen-bond acceptors (Lipinski definition) is 6. The van der Waals surface area contributed by atoms with Crippen LogP contribution in [0, 0.1) is 0 Å². The SMILES string of the molecule is O=C(N[C@@H](C(=O)N1CC[C@@H]2[C@H]1C(=O)N2S(=O)(=O)O)c1ccccc1)OCc1ccccc1. The maximum absolute atomic E-state index is 13.3. The fraction of sp³-hybridized carbons (Fsp3) is 0.286. The molecular formula is C21H21N3O7S. The fourth-order valence-corrected chi connectivity index (χ4v) is 4.94. The Kier molecular flexibility index (Phi) is 5.85. The molecular weight excluding hydrogens is 438 g/mol. The van der Waals surface area contributed by atoms with Gasteiger partial charge in [0.25, 0.3) is 11.8 Å². The second-order valence-corrected chi connectivity index (χ2v) is 8.78. The summed E-state index contributed by atoms with van der Waals surface area (Å²) in [5.41, 5.74) is 1.26. The number of ether oxygens (including phenoxy) is 1. The zero-order chi connectivity index (χ0) is 22.9. The van der Waals surface area contributed by atoms with Crippen LogP contribution in [-0.4, -0.2) is 58.7 Å². The molecule has 0 aromatic heterocycles. The summed E-state index contributed by atoms with van der Waals surface area (Å²) in [7, 11) is -4.69. The van der Waals surface area contributed by atoms with E-state index in [-0.39, 0.29) is 19.6 Å². The lowest BCUT2D eigenvalue weighted by Crippen LogP contribution is -2.68.